The molecule has 3 amide bonds. The predicted octanol–water partition coefficient (Wildman–Crippen LogP) is 0.492. The maximum atomic E-state index is 11.7. The van der Waals surface area contributed by atoms with Crippen molar-refractivity contribution in [2.75, 3.05) is 13.2 Å². The van der Waals surface area contributed by atoms with E-state index in [1.165, 1.54) is 0 Å². The molecule has 0 radical (unpaired) electrons. The number of hydrogen-bond acceptors (Lipinski definition) is 3. The van der Waals surface area contributed by atoms with Crippen molar-refractivity contribution in [1.82, 2.24) is 10.6 Å². The Morgan fingerprint density at radius 3 is 2.42 bits per heavy atom. The van der Waals surface area contributed by atoms with Crippen LogP contribution in [-0.2, 0) is 4.79 Å². The molecule has 0 saturated heterocycles. The molecule has 1 aliphatic rings. The van der Waals surface area contributed by atoms with Gasteiger partial charge in [0.1, 0.15) is 0 Å². The van der Waals surface area contributed by atoms with Crippen LogP contribution in [-0.4, -0.2) is 36.2 Å². The summed E-state index contributed by atoms with van der Waals surface area (Å²) < 4.78 is 0. The third kappa shape index (κ3) is 7.00. The minimum atomic E-state index is -0.523. The molecule has 110 valence electrons. The second-order valence-electron chi connectivity index (χ2n) is 5.22. The Morgan fingerprint density at radius 1 is 1.16 bits per heavy atom. The molecule has 0 aromatic rings. The van der Waals surface area contributed by atoms with E-state index in [9.17, 15) is 9.59 Å². The highest BCUT2D eigenvalue weighted by Gasteiger charge is 2.21. The standard InChI is InChI=1S/C13H25N3O3/c14-13(19)15-8-2-1-3-12(18)16-11-6-4-10(9-17)5-7-11/h10-11,17H,1-9H2,(H,16,18)(H3,14,15,19). The molecule has 6 nitrogen and oxygen atoms in total. The van der Waals surface area contributed by atoms with Crippen LogP contribution in [0.15, 0.2) is 0 Å². The lowest BCUT2D eigenvalue weighted by molar-refractivity contribution is -0.122. The number of unbranched alkanes of at least 4 members (excludes halogenated alkanes) is 1. The fourth-order valence-electron chi connectivity index (χ4n) is 2.41. The van der Waals surface area contributed by atoms with Crippen molar-refractivity contribution >= 4 is 11.9 Å². The summed E-state index contributed by atoms with van der Waals surface area (Å²) in [5.41, 5.74) is 4.93. The van der Waals surface area contributed by atoms with E-state index in [-0.39, 0.29) is 18.6 Å². The first-order valence-corrected chi connectivity index (χ1v) is 7.05. The molecule has 0 aromatic carbocycles. The van der Waals surface area contributed by atoms with Gasteiger partial charge in [0.15, 0.2) is 0 Å². The summed E-state index contributed by atoms with van der Waals surface area (Å²) in [4.78, 5) is 22.1. The second kappa shape index (κ2) is 8.74. The van der Waals surface area contributed by atoms with Crippen LogP contribution in [0.25, 0.3) is 0 Å². The smallest absolute Gasteiger partial charge is 0.312 e. The Hall–Kier alpha value is -1.30. The van der Waals surface area contributed by atoms with Crippen molar-refractivity contribution in [3.63, 3.8) is 0 Å². The van der Waals surface area contributed by atoms with Gasteiger partial charge in [-0.1, -0.05) is 0 Å². The van der Waals surface area contributed by atoms with Gasteiger partial charge in [-0.2, -0.15) is 0 Å². The number of nitrogens with two attached hydrogens (primary N) is 1. The molecule has 1 fully saturated rings. The summed E-state index contributed by atoms with van der Waals surface area (Å²) in [6, 6.07) is -0.260. The fraction of sp³-hybridized carbons (Fsp3) is 0.846. The van der Waals surface area contributed by atoms with Gasteiger partial charge in [-0.25, -0.2) is 4.79 Å². The van der Waals surface area contributed by atoms with Crippen molar-refractivity contribution in [2.24, 2.45) is 11.7 Å². The highest BCUT2D eigenvalue weighted by molar-refractivity contribution is 5.76. The number of nitrogens with one attached hydrogen (secondary N) is 2. The lowest BCUT2D eigenvalue weighted by Crippen LogP contribution is -2.38. The number of aliphatic hydroxyl groups is 1. The van der Waals surface area contributed by atoms with Gasteiger partial charge in [0.05, 0.1) is 0 Å². The third-order valence-corrected chi connectivity index (χ3v) is 3.60. The largest absolute Gasteiger partial charge is 0.396 e. The van der Waals surface area contributed by atoms with Gasteiger partial charge in [-0.15, -0.1) is 0 Å². The molecule has 19 heavy (non-hydrogen) atoms. The summed E-state index contributed by atoms with van der Waals surface area (Å²) in [7, 11) is 0. The predicted molar refractivity (Wildman–Crippen MR) is 72.4 cm³/mol. The van der Waals surface area contributed by atoms with Crippen LogP contribution in [0.2, 0.25) is 0 Å². The number of carbonyl (C=O) groups excluding carboxylic acids is 2. The molecule has 0 spiro atoms. The lowest BCUT2D eigenvalue weighted by Gasteiger charge is -2.27. The van der Waals surface area contributed by atoms with Crippen LogP contribution < -0.4 is 16.4 Å². The average molecular weight is 271 g/mol. The van der Waals surface area contributed by atoms with Gasteiger partial charge in [0.2, 0.25) is 5.91 Å². The number of urea groups is 1. The normalized spacial score (nSPS) is 22.8. The Kier molecular flexibility index (Phi) is 7.25. The number of hydrogen-bond donors (Lipinski definition) is 4. The highest BCUT2D eigenvalue weighted by atomic mass is 16.3. The molecule has 0 atom stereocenters. The van der Waals surface area contributed by atoms with E-state index in [0.29, 0.717) is 18.9 Å². The van der Waals surface area contributed by atoms with Crippen LogP contribution in [0.5, 0.6) is 0 Å². The molecule has 0 aromatic heterocycles. The molecule has 0 bridgehead atoms. The first-order valence-electron chi connectivity index (χ1n) is 7.05. The second-order valence-corrected chi connectivity index (χ2v) is 5.22. The van der Waals surface area contributed by atoms with Gasteiger partial charge in [0, 0.05) is 25.6 Å². The van der Waals surface area contributed by atoms with Crippen LogP contribution in [0, 0.1) is 5.92 Å². The minimum Gasteiger partial charge on any atom is -0.396 e. The molecule has 0 heterocycles. The van der Waals surface area contributed by atoms with Gasteiger partial charge in [-0.3, -0.25) is 4.79 Å². The van der Waals surface area contributed by atoms with E-state index in [2.05, 4.69) is 10.6 Å². The van der Waals surface area contributed by atoms with E-state index < -0.39 is 6.03 Å². The number of amides is 3. The summed E-state index contributed by atoms with van der Waals surface area (Å²) >= 11 is 0. The van der Waals surface area contributed by atoms with Crippen LogP contribution >= 0.6 is 0 Å². The van der Waals surface area contributed by atoms with Gasteiger partial charge in [0.25, 0.3) is 0 Å². The number of rotatable bonds is 7. The Morgan fingerprint density at radius 2 is 1.84 bits per heavy atom. The van der Waals surface area contributed by atoms with Crippen LogP contribution in [0.3, 0.4) is 0 Å². The average Bonchev–Trinajstić information content (AvgIpc) is 2.39. The monoisotopic (exact) mass is 271 g/mol. The molecule has 1 aliphatic carbocycles. The van der Waals surface area contributed by atoms with Crippen molar-refractivity contribution in [3.05, 3.63) is 0 Å². The van der Waals surface area contributed by atoms with Gasteiger partial charge < -0.3 is 21.5 Å². The molecule has 0 unspecified atom stereocenters. The van der Waals surface area contributed by atoms with Crippen molar-refractivity contribution in [3.8, 4) is 0 Å². The van der Waals surface area contributed by atoms with E-state index in [1.807, 2.05) is 0 Å². The first-order chi connectivity index (χ1) is 9.11. The Labute approximate surface area is 114 Å². The van der Waals surface area contributed by atoms with Crippen LogP contribution in [0.1, 0.15) is 44.9 Å². The maximum Gasteiger partial charge on any atom is 0.312 e. The molecular weight excluding hydrogens is 246 g/mol. The fourth-order valence-corrected chi connectivity index (χ4v) is 2.41. The summed E-state index contributed by atoms with van der Waals surface area (Å²) in [5, 5.41) is 14.6. The Balaban J connectivity index is 2.03. The zero-order valence-corrected chi connectivity index (χ0v) is 11.4. The third-order valence-electron chi connectivity index (χ3n) is 3.60. The Bertz CT molecular complexity index is 289. The SMILES string of the molecule is NC(=O)NCCCCC(=O)NC1CCC(CO)CC1. The first kappa shape index (κ1) is 15.8. The lowest BCUT2D eigenvalue weighted by atomic mass is 9.86. The molecule has 5 N–H and O–H groups in total. The molecule has 0 aliphatic heterocycles. The van der Waals surface area contributed by atoms with Crippen molar-refractivity contribution in [1.29, 1.82) is 0 Å². The number of primary amides is 1. The highest BCUT2D eigenvalue weighted by Crippen LogP contribution is 2.23. The zero-order valence-electron chi connectivity index (χ0n) is 11.4. The number of aliphatic hydroxyl groups excluding tert-OH is 1. The summed E-state index contributed by atoms with van der Waals surface area (Å²) in [5.74, 6) is 0.486. The molecular formula is C13H25N3O3. The molecule has 1 saturated carbocycles. The van der Waals surface area contributed by atoms with Crippen molar-refractivity contribution < 1.29 is 14.7 Å². The summed E-state index contributed by atoms with van der Waals surface area (Å²) in [6.45, 7) is 0.776. The van der Waals surface area contributed by atoms with Gasteiger partial charge in [-0.05, 0) is 44.4 Å². The van der Waals surface area contributed by atoms with Crippen LogP contribution in [0.4, 0.5) is 4.79 Å². The van der Waals surface area contributed by atoms with Gasteiger partial charge >= 0.3 is 6.03 Å². The van der Waals surface area contributed by atoms with E-state index in [4.69, 9.17) is 10.8 Å². The maximum absolute atomic E-state index is 11.7. The quantitative estimate of drug-likeness (QED) is 0.506. The van der Waals surface area contributed by atoms with Crippen molar-refractivity contribution in [2.45, 2.75) is 51.0 Å². The minimum absolute atomic E-state index is 0.0755. The van der Waals surface area contributed by atoms with E-state index in [0.717, 1.165) is 38.5 Å². The van der Waals surface area contributed by atoms with E-state index >= 15 is 0 Å². The molecule has 1 rings (SSSR count). The summed E-state index contributed by atoms with van der Waals surface area (Å²) in [6.07, 6.45) is 5.89. The number of carbonyl (C=O) groups is 2. The van der Waals surface area contributed by atoms with E-state index in [1.54, 1.807) is 0 Å². The topological polar surface area (TPSA) is 104 Å². The zero-order chi connectivity index (χ0) is 14.1. The molecule has 6 heteroatoms.